The highest BCUT2D eigenvalue weighted by Crippen LogP contribution is 2.40. The monoisotopic (exact) mass is 393 g/mol. The van der Waals surface area contributed by atoms with Gasteiger partial charge in [0.2, 0.25) is 0 Å². The van der Waals surface area contributed by atoms with Gasteiger partial charge in [-0.1, -0.05) is 6.07 Å². The van der Waals surface area contributed by atoms with Gasteiger partial charge in [0.15, 0.2) is 0 Å². The van der Waals surface area contributed by atoms with Crippen molar-refractivity contribution in [3.63, 3.8) is 0 Å². The number of likely N-dealkylation sites (tertiary alicyclic amines) is 1. The van der Waals surface area contributed by atoms with Gasteiger partial charge in [-0.25, -0.2) is 4.98 Å². The molecule has 0 spiro atoms. The van der Waals surface area contributed by atoms with Crippen molar-refractivity contribution >= 4 is 11.0 Å². The highest BCUT2D eigenvalue weighted by atomic mass is 16.5. The summed E-state index contributed by atoms with van der Waals surface area (Å²) < 4.78 is 8.24. The van der Waals surface area contributed by atoms with Crippen LogP contribution in [0.2, 0.25) is 0 Å². The van der Waals surface area contributed by atoms with Gasteiger partial charge in [0.25, 0.3) is 0 Å². The molecule has 0 unspecified atom stereocenters. The Morgan fingerprint density at radius 1 is 1.17 bits per heavy atom. The Bertz CT molecular complexity index is 965. The molecule has 0 amide bonds. The van der Waals surface area contributed by atoms with Gasteiger partial charge in [-0.2, -0.15) is 0 Å². The molecule has 3 aromatic heterocycles. The first-order valence-electron chi connectivity index (χ1n) is 10.4. The van der Waals surface area contributed by atoms with Gasteiger partial charge in [0, 0.05) is 48.7 Å². The highest BCUT2D eigenvalue weighted by molar-refractivity contribution is 5.73. The molecule has 29 heavy (non-hydrogen) atoms. The van der Waals surface area contributed by atoms with Crippen LogP contribution in [-0.2, 0) is 16.8 Å². The molecular formula is C23H31N5O. The Kier molecular flexibility index (Phi) is 5.40. The summed E-state index contributed by atoms with van der Waals surface area (Å²) in [7, 11) is 0. The van der Waals surface area contributed by atoms with E-state index >= 15 is 0 Å². The molecule has 0 aromatic carbocycles. The van der Waals surface area contributed by atoms with Gasteiger partial charge < -0.3 is 9.30 Å². The summed E-state index contributed by atoms with van der Waals surface area (Å²) in [6.45, 7) is 13.1. The molecule has 6 nitrogen and oxygen atoms in total. The average molecular weight is 394 g/mol. The Morgan fingerprint density at radius 2 is 2.03 bits per heavy atom. The number of imidazole rings is 1. The third kappa shape index (κ3) is 3.91. The Hall–Kier alpha value is -2.31. The van der Waals surface area contributed by atoms with Crippen LogP contribution >= 0.6 is 0 Å². The second-order valence-electron chi connectivity index (χ2n) is 8.79. The van der Waals surface area contributed by atoms with E-state index in [4.69, 9.17) is 4.74 Å². The summed E-state index contributed by atoms with van der Waals surface area (Å²) in [4.78, 5) is 15.8. The van der Waals surface area contributed by atoms with Gasteiger partial charge in [-0.05, 0) is 58.4 Å². The lowest BCUT2D eigenvalue weighted by Crippen LogP contribution is -2.43. The molecule has 1 atom stereocenters. The van der Waals surface area contributed by atoms with Crippen molar-refractivity contribution in [2.75, 3.05) is 26.3 Å². The normalized spacial score (nSPS) is 20.6. The molecule has 1 fully saturated rings. The zero-order chi connectivity index (χ0) is 20.5. The van der Waals surface area contributed by atoms with Crippen molar-refractivity contribution in [2.24, 2.45) is 5.41 Å². The van der Waals surface area contributed by atoms with Crippen molar-refractivity contribution in [2.45, 2.75) is 46.2 Å². The Labute approximate surface area is 172 Å². The molecule has 0 radical (unpaired) electrons. The zero-order valence-electron chi connectivity index (χ0n) is 17.9. The first kappa shape index (κ1) is 20.0. The minimum Gasteiger partial charge on any atom is -0.381 e. The molecule has 1 saturated heterocycles. The van der Waals surface area contributed by atoms with E-state index in [1.54, 1.807) is 0 Å². The number of rotatable bonds is 7. The number of aryl methyl sites for hydroxylation is 1. The largest absolute Gasteiger partial charge is 0.381 e. The lowest BCUT2D eigenvalue weighted by Gasteiger charge is -2.38. The molecule has 6 heteroatoms. The molecule has 1 aliphatic rings. The fraction of sp³-hybridized carbons (Fsp3) is 0.522. The van der Waals surface area contributed by atoms with Crippen LogP contribution in [0, 0.1) is 12.3 Å². The van der Waals surface area contributed by atoms with E-state index in [0.29, 0.717) is 0 Å². The number of nitrogens with zero attached hydrogens (tertiary/aromatic N) is 5. The zero-order valence-corrected chi connectivity index (χ0v) is 17.9. The lowest BCUT2D eigenvalue weighted by atomic mass is 9.87. The summed E-state index contributed by atoms with van der Waals surface area (Å²) in [6.07, 6.45) is 8.73. The first-order valence-corrected chi connectivity index (χ1v) is 10.4. The number of aromatic nitrogens is 4. The second kappa shape index (κ2) is 7.84. The Morgan fingerprint density at radius 3 is 2.79 bits per heavy atom. The lowest BCUT2D eigenvalue weighted by molar-refractivity contribution is 0.0339. The second-order valence-corrected chi connectivity index (χ2v) is 8.79. The van der Waals surface area contributed by atoms with Crippen LogP contribution in [0.5, 0.6) is 0 Å². The van der Waals surface area contributed by atoms with E-state index in [-0.39, 0.29) is 11.0 Å². The van der Waals surface area contributed by atoms with Crippen LogP contribution in [0.4, 0.5) is 0 Å². The molecule has 154 valence electrons. The predicted molar refractivity (Wildman–Crippen MR) is 115 cm³/mol. The highest BCUT2D eigenvalue weighted by Gasteiger charge is 2.44. The van der Waals surface area contributed by atoms with Crippen LogP contribution < -0.4 is 0 Å². The molecule has 4 rings (SSSR count). The minimum absolute atomic E-state index is 0.0578. The van der Waals surface area contributed by atoms with Crippen molar-refractivity contribution in [1.29, 1.82) is 0 Å². The fourth-order valence-electron chi connectivity index (χ4n) is 4.44. The van der Waals surface area contributed by atoms with Gasteiger partial charge in [-0.15, -0.1) is 0 Å². The quantitative estimate of drug-likeness (QED) is 0.611. The van der Waals surface area contributed by atoms with Crippen LogP contribution in [0.15, 0.2) is 43.1 Å². The summed E-state index contributed by atoms with van der Waals surface area (Å²) >= 11 is 0. The number of pyridine rings is 2. The number of ether oxygens (including phenoxy) is 1. The van der Waals surface area contributed by atoms with Crippen molar-refractivity contribution in [3.8, 4) is 0 Å². The maximum atomic E-state index is 5.98. The van der Waals surface area contributed by atoms with E-state index in [9.17, 15) is 0 Å². The molecule has 0 N–H and O–H groups in total. The van der Waals surface area contributed by atoms with Gasteiger partial charge in [-0.3, -0.25) is 14.9 Å². The summed E-state index contributed by atoms with van der Waals surface area (Å²) in [6, 6.07) is 6.36. The number of fused-ring (bicyclic) bond motifs is 1. The SMILES string of the molecule is CCOC[C@@]1(Cn2cnc3cnccc32)CCN(C(C)(C)c2ccc(C)nc2)C1. The average Bonchev–Trinajstić information content (AvgIpc) is 3.33. The van der Waals surface area contributed by atoms with E-state index < -0.39 is 0 Å². The van der Waals surface area contributed by atoms with E-state index in [1.165, 1.54) is 5.56 Å². The smallest absolute Gasteiger partial charge is 0.107 e. The Balaban J connectivity index is 1.60. The molecular weight excluding hydrogens is 362 g/mol. The number of hydrogen-bond acceptors (Lipinski definition) is 5. The molecule has 0 bridgehead atoms. The van der Waals surface area contributed by atoms with Crippen molar-refractivity contribution < 1.29 is 4.74 Å². The fourth-order valence-corrected chi connectivity index (χ4v) is 4.44. The van der Waals surface area contributed by atoms with Gasteiger partial charge >= 0.3 is 0 Å². The maximum absolute atomic E-state index is 5.98. The third-order valence-corrected chi connectivity index (χ3v) is 6.39. The van der Waals surface area contributed by atoms with E-state index in [1.807, 2.05) is 37.9 Å². The van der Waals surface area contributed by atoms with Crippen LogP contribution in [0.25, 0.3) is 11.0 Å². The predicted octanol–water partition coefficient (Wildman–Crippen LogP) is 3.80. The summed E-state index contributed by atoms with van der Waals surface area (Å²) in [5.74, 6) is 0. The standard InChI is InChI=1S/C23H31N5O/c1-5-29-16-23(14-27-17-26-20-13-24-10-8-21(20)27)9-11-28(15-23)22(3,4)19-7-6-18(2)25-12-19/h6-8,10,12-13,17H,5,9,11,14-16H2,1-4H3/t23-/m1/s1. The van der Waals surface area contributed by atoms with Crippen LogP contribution in [-0.4, -0.2) is 50.7 Å². The molecule has 3 aromatic rings. The van der Waals surface area contributed by atoms with Crippen LogP contribution in [0.3, 0.4) is 0 Å². The minimum atomic E-state index is -0.0738. The first-order chi connectivity index (χ1) is 13.9. The van der Waals surface area contributed by atoms with Crippen molar-refractivity contribution in [1.82, 2.24) is 24.4 Å². The number of hydrogen-bond donors (Lipinski definition) is 0. The summed E-state index contributed by atoms with van der Waals surface area (Å²) in [5.41, 5.74) is 4.38. The topological polar surface area (TPSA) is 56.1 Å². The van der Waals surface area contributed by atoms with Crippen LogP contribution in [0.1, 0.15) is 38.4 Å². The maximum Gasteiger partial charge on any atom is 0.107 e. The van der Waals surface area contributed by atoms with Gasteiger partial charge in [0.05, 0.1) is 24.6 Å². The molecule has 0 aliphatic carbocycles. The third-order valence-electron chi connectivity index (χ3n) is 6.39. The molecule has 0 saturated carbocycles. The molecule has 1 aliphatic heterocycles. The van der Waals surface area contributed by atoms with Crippen molar-refractivity contribution in [3.05, 3.63) is 54.4 Å². The van der Waals surface area contributed by atoms with E-state index in [0.717, 1.165) is 56.0 Å². The van der Waals surface area contributed by atoms with E-state index in [2.05, 4.69) is 57.3 Å². The van der Waals surface area contributed by atoms with Gasteiger partial charge in [0.1, 0.15) is 5.52 Å². The summed E-state index contributed by atoms with van der Waals surface area (Å²) in [5, 5.41) is 0. The molecule has 4 heterocycles.